The molecular weight excluding hydrogens is 182 g/mol. The van der Waals surface area contributed by atoms with Gasteiger partial charge < -0.3 is 15.0 Å². The Labute approximate surface area is 82.5 Å². The van der Waals surface area contributed by atoms with Gasteiger partial charge in [-0.15, -0.1) is 0 Å². The fourth-order valence-electron chi connectivity index (χ4n) is 1.03. The molecule has 0 saturated heterocycles. The van der Waals surface area contributed by atoms with Crippen LogP contribution in [0.4, 0.5) is 5.82 Å². The van der Waals surface area contributed by atoms with Crippen LogP contribution < -0.4 is 0 Å². The van der Waals surface area contributed by atoms with E-state index in [2.05, 4.69) is 9.88 Å². The van der Waals surface area contributed by atoms with Gasteiger partial charge in [0.25, 0.3) is 0 Å². The van der Waals surface area contributed by atoms with Crippen molar-refractivity contribution in [2.24, 2.45) is 0 Å². The van der Waals surface area contributed by atoms with Gasteiger partial charge >= 0.3 is 5.82 Å². The van der Waals surface area contributed by atoms with E-state index < -0.39 is 4.92 Å². The molecule has 14 heavy (non-hydrogen) atoms. The molecule has 5 heteroatoms. The zero-order chi connectivity index (χ0) is 10.6. The van der Waals surface area contributed by atoms with E-state index in [0.29, 0.717) is 0 Å². The van der Waals surface area contributed by atoms with Crippen LogP contribution in [0.3, 0.4) is 0 Å². The van der Waals surface area contributed by atoms with E-state index in [4.69, 9.17) is 0 Å². The molecule has 0 aliphatic carbocycles. The first-order valence-corrected chi connectivity index (χ1v) is 4.33. The number of hydrogen-bond acceptors (Lipinski definition) is 4. The van der Waals surface area contributed by atoms with Crippen LogP contribution >= 0.6 is 0 Å². The Morgan fingerprint density at radius 3 is 2.64 bits per heavy atom. The molecule has 0 spiro atoms. The first kappa shape index (κ1) is 10.6. The Morgan fingerprint density at radius 1 is 1.50 bits per heavy atom. The molecular formula is C9H13N3O2. The Balaban J connectivity index is 2.60. The predicted molar refractivity (Wildman–Crippen MR) is 53.1 cm³/mol. The van der Waals surface area contributed by atoms with Crippen LogP contribution in [-0.2, 0) is 6.42 Å². The molecule has 0 radical (unpaired) electrons. The highest BCUT2D eigenvalue weighted by molar-refractivity contribution is 5.22. The number of rotatable bonds is 4. The second kappa shape index (κ2) is 4.66. The lowest BCUT2D eigenvalue weighted by Crippen LogP contribution is -2.15. The maximum absolute atomic E-state index is 10.3. The lowest BCUT2D eigenvalue weighted by atomic mass is 10.2. The highest BCUT2D eigenvalue weighted by Crippen LogP contribution is 2.07. The Bertz CT molecular complexity index is 308. The average molecular weight is 195 g/mol. The fraction of sp³-hybridized carbons (Fsp3) is 0.444. The van der Waals surface area contributed by atoms with Crippen molar-refractivity contribution in [3.63, 3.8) is 0 Å². The summed E-state index contributed by atoms with van der Waals surface area (Å²) in [6.45, 7) is 0.916. The minimum atomic E-state index is -0.490. The van der Waals surface area contributed by atoms with E-state index in [9.17, 15) is 10.1 Å². The Kier molecular flexibility index (Phi) is 3.53. The number of nitrogens with zero attached hydrogens (tertiary/aromatic N) is 3. The van der Waals surface area contributed by atoms with Crippen LogP contribution in [0.15, 0.2) is 18.3 Å². The Hall–Kier alpha value is -1.49. The van der Waals surface area contributed by atoms with E-state index in [1.807, 2.05) is 14.1 Å². The van der Waals surface area contributed by atoms with Crippen LogP contribution in [-0.4, -0.2) is 35.4 Å². The van der Waals surface area contributed by atoms with Crippen LogP contribution in [0.5, 0.6) is 0 Å². The van der Waals surface area contributed by atoms with E-state index in [1.165, 1.54) is 6.07 Å². The third-order valence-corrected chi connectivity index (χ3v) is 1.84. The molecule has 0 aliphatic heterocycles. The van der Waals surface area contributed by atoms with Crippen molar-refractivity contribution in [3.05, 3.63) is 34.0 Å². The maximum atomic E-state index is 10.3. The lowest BCUT2D eigenvalue weighted by molar-refractivity contribution is -0.389. The summed E-state index contributed by atoms with van der Waals surface area (Å²) in [4.78, 5) is 15.6. The number of pyridine rings is 1. The van der Waals surface area contributed by atoms with Crippen molar-refractivity contribution in [3.8, 4) is 0 Å². The molecule has 5 nitrogen and oxygen atoms in total. The van der Waals surface area contributed by atoms with Crippen LogP contribution in [0, 0.1) is 10.1 Å². The van der Waals surface area contributed by atoms with Gasteiger partial charge in [-0.25, -0.2) is 0 Å². The quantitative estimate of drug-likeness (QED) is 0.533. The minimum absolute atomic E-state index is 0.0985. The summed E-state index contributed by atoms with van der Waals surface area (Å²) in [5.41, 5.74) is 1.02. The fourth-order valence-corrected chi connectivity index (χ4v) is 1.03. The number of likely N-dealkylation sites (N-methyl/N-ethyl adjacent to an activating group) is 1. The van der Waals surface area contributed by atoms with Crippen LogP contribution in [0.25, 0.3) is 0 Å². The standard InChI is InChI=1S/C9H13N3O2/c1-11(2)6-5-8-3-4-9(10-7-8)12(13)14/h3-4,7H,5-6H2,1-2H3. The largest absolute Gasteiger partial charge is 0.363 e. The van der Waals surface area contributed by atoms with Gasteiger partial charge in [-0.1, -0.05) is 0 Å². The third kappa shape index (κ3) is 3.10. The van der Waals surface area contributed by atoms with Crippen molar-refractivity contribution in [1.82, 2.24) is 9.88 Å². The highest BCUT2D eigenvalue weighted by Gasteiger charge is 2.05. The molecule has 1 rings (SSSR count). The molecule has 1 aromatic heterocycles. The second-order valence-corrected chi connectivity index (χ2v) is 3.34. The topological polar surface area (TPSA) is 59.3 Å². The molecule has 0 atom stereocenters. The summed E-state index contributed by atoms with van der Waals surface area (Å²) in [7, 11) is 3.97. The molecule has 0 saturated carbocycles. The van der Waals surface area contributed by atoms with Gasteiger partial charge in [0.15, 0.2) is 0 Å². The molecule has 0 unspecified atom stereocenters. The molecule has 0 bridgehead atoms. The van der Waals surface area contributed by atoms with E-state index in [0.717, 1.165) is 18.5 Å². The van der Waals surface area contributed by atoms with Crippen LogP contribution in [0.2, 0.25) is 0 Å². The van der Waals surface area contributed by atoms with E-state index in [-0.39, 0.29) is 5.82 Å². The molecule has 0 aliphatic rings. The summed E-state index contributed by atoms with van der Waals surface area (Å²) < 4.78 is 0. The van der Waals surface area contributed by atoms with Gasteiger partial charge in [-0.3, -0.25) is 0 Å². The van der Waals surface area contributed by atoms with Crippen molar-refractivity contribution in [1.29, 1.82) is 0 Å². The van der Waals surface area contributed by atoms with Gasteiger partial charge in [-0.2, -0.15) is 0 Å². The molecule has 0 aromatic carbocycles. The van der Waals surface area contributed by atoms with Gasteiger partial charge in [0.2, 0.25) is 0 Å². The maximum Gasteiger partial charge on any atom is 0.363 e. The molecule has 76 valence electrons. The summed E-state index contributed by atoms with van der Waals surface area (Å²) in [6, 6.07) is 3.18. The third-order valence-electron chi connectivity index (χ3n) is 1.84. The zero-order valence-electron chi connectivity index (χ0n) is 8.30. The summed E-state index contributed by atoms with van der Waals surface area (Å²) in [5, 5.41) is 10.3. The second-order valence-electron chi connectivity index (χ2n) is 3.34. The predicted octanol–water partition coefficient (Wildman–Crippen LogP) is 1.09. The number of aromatic nitrogens is 1. The number of hydrogen-bond donors (Lipinski definition) is 0. The summed E-state index contributed by atoms with van der Waals surface area (Å²) in [5.74, 6) is -0.0985. The molecule has 1 heterocycles. The van der Waals surface area contributed by atoms with Gasteiger partial charge in [0.05, 0.1) is 0 Å². The van der Waals surface area contributed by atoms with Crippen molar-refractivity contribution < 1.29 is 4.92 Å². The molecule has 0 N–H and O–H groups in total. The normalized spacial score (nSPS) is 10.5. The zero-order valence-corrected chi connectivity index (χ0v) is 8.30. The smallest absolute Gasteiger partial charge is 0.358 e. The van der Waals surface area contributed by atoms with Gasteiger partial charge in [0.1, 0.15) is 6.20 Å². The van der Waals surface area contributed by atoms with Gasteiger partial charge in [0, 0.05) is 12.6 Å². The van der Waals surface area contributed by atoms with Crippen molar-refractivity contribution in [2.75, 3.05) is 20.6 Å². The summed E-state index contributed by atoms with van der Waals surface area (Å²) >= 11 is 0. The van der Waals surface area contributed by atoms with E-state index >= 15 is 0 Å². The van der Waals surface area contributed by atoms with E-state index in [1.54, 1.807) is 12.3 Å². The van der Waals surface area contributed by atoms with Crippen LogP contribution in [0.1, 0.15) is 5.56 Å². The summed E-state index contributed by atoms with van der Waals surface area (Å²) in [6.07, 6.45) is 2.42. The molecule has 0 amide bonds. The van der Waals surface area contributed by atoms with Crippen molar-refractivity contribution >= 4 is 5.82 Å². The highest BCUT2D eigenvalue weighted by atomic mass is 16.6. The Morgan fingerprint density at radius 2 is 2.21 bits per heavy atom. The first-order valence-electron chi connectivity index (χ1n) is 4.33. The minimum Gasteiger partial charge on any atom is -0.358 e. The van der Waals surface area contributed by atoms with Gasteiger partial charge in [-0.05, 0) is 42.1 Å². The lowest BCUT2D eigenvalue weighted by Gasteiger charge is -2.07. The molecule has 0 fully saturated rings. The monoisotopic (exact) mass is 195 g/mol. The average Bonchev–Trinajstić information content (AvgIpc) is 2.15. The number of nitro groups is 1. The first-order chi connectivity index (χ1) is 6.59. The SMILES string of the molecule is CN(C)CCc1ccc([N+](=O)[O-])nc1. The van der Waals surface area contributed by atoms with Crippen molar-refractivity contribution in [2.45, 2.75) is 6.42 Å². The molecule has 1 aromatic rings.